The van der Waals surface area contributed by atoms with Gasteiger partial charge in [-0.05, 0) is 25.2 Å². The molecule has 5 heteroatoms. The summed E-state index contributed by atoms with van der Waals surface area (Å²) in [7, 11) is 0. The summed E-state index contributed by atoms with van der Waals surface area (Å²) in [5.74, 6) is -0.210. The molecule has 0 unspecified atom stereocenters. The fourth-order valence-electron chi connectivity index (χ4n) is 3.09. The molecular weight excluding hydrogens is 272 g/mol. The summed E-state index contributed by atoms with van der Waals surface area (Å²) >= 11 is 1.74. The van der Waals surface area contributed by atoms with Crippen molar-refractivity contribution in [2.75, 3.05) is 13.1 Å². The molecule has 1 N–H and O–H groups in total. The smallest absolute Gasteiger partial charge is 0.308 e. The lowest BCUT2D eigenvalue weighted by molar-refractivity contribution is -0.143. The normalized spacial score (nSPS) is 23.6. The highest BCUT2D eigenvalue weighted by atomic mass is 32.1. The Morgan fingerprint density at radius 2 is 2.20 bits per heavy atom. The summed E-state index contributed by atoms with van der Waals surface area (Å²) in [6.45, 7) is 10.8. The number of aliphatic carboxylic acids is 1. The first kappa shape index (κ1) is 15.4. The molecule has 1 aromatic rings. The van der Waals surface area contributed by atoms with E-state index in [2.05, 4.69) is 30.7 Å². The summed E-state index contributed by atoms with van der Waals surface area (Å²) in [6, 6.07) is 0. The fraction of sp³-hybridized carbons (Fsp3) is 0.733. The van der Waals surface area contributed by atoms with Crippen LogP contribution in [0.3, 0.4) is 0 Å². The van der Waals surface area contributed by atoms with Gasteiger partial charge in [0.2, 0.25) is 0 Å². The van der Waals surface area contributed by atoms with E-state index in [1.807, 2.05) is 6.92 Å². The van der Waals surface area contributed by atoms with Crippen molar-refractivity contribution in [2.24, 2.45) is 17.8 Å². The van der Waals surface area contributed by atoms with Gasteiger partial charge >= 0.3 is 5.97 Å². The number of aromatic nitrogens is 1. The molecule has 1 aliphatic heterocycles. The predicted molar refractivity (Wildman–Crippen MR) is 81.0 cm³/mol. The summed E-state index contributed by atoms with van der Waals surface area (Å²) in [6.07, 6.45) is 0.948. The Labute approximate surface area is 124 Å². The number of hydrogen-bond acceptors (Lipinski definition) is 4. The molecule has 2 heterocycles. The van der Waals surface area contributed by atoms with E-state index < -0.39 is 5.97 Å². The number of aryl methyl sites for hydroxylation is 2. The minimum atomic E-state index is -0.651. The first-order chi connectivity index (χ1) is 9.42. The van der Waals surface area contributed by atoms with Crippen molar-refractivity contribution in [3.05, 3.63) is 15.6 Å². The topological polar surface area (TPSA) is 53.4 Å². The number of carboxylic acids is 1. The zero-order valence-corrected chi connectivity index (χ0v) is 13.5. The van der Waals surface area contributed by atoms with Gasteiger partial charge < -0.3 is 5.11 Å². The van der Waals surface area contributed by atoms with Gasteiger partial charge in [-0.2, -0.15) is 0 Å². The van der Waals surface area contributed by atoms with Crippen molar-refractivity contribution in [2.45, 2.75) is 40.7 Å². The third-order valence-electron chi connectivity index (χ3n) is 4.20. The second-order valence-electron chi connectivity index (χ2n) is 6.00. The Morgan fingerprint density at radius 3 is 2.70 bits per heavy atom. The van der Waals surface area contributed by atoms with Gasteiger partial charge in [-0.25, -0.2) is 4.98 Å². The highest BCUT2D eigenvalue weighted by Crippen LogP contribution is 2.32. The van der Waals surface area contributed by atoms with Crippen molar-refractivity contribution in [3.63, 3.8) is 0 Å². The number of carbonyl (C=O) groups is 1. The standard InChI is InChI=1S/C15H24N2O2S/c1-5-13-14(20-10(4)16-13)8-17-6-11(9(2)3)12(7-17)15(18)19/h9,11-12H,5-8H2,1-4H3,(H,18,19)/t11-,12+/m1/s1. The summed E-state index contributed by atoms with van der Waals surface area (Å²) < 4.78 is 0. The fourth-order valence-corrected chi connectivity index (χ4v) is 4.16. The second-order valence-corrected chi connectivity index (χ2v) is 7.29. The molecule has 0 radical (unpaired) electrons. The minimum Gasteiger partial charge on any atom is -0.481 e. The van der Waals surface area contributed by atoms with Crippen molar-refractivity contribution in [1.29, 1.82) is 0 Å². The van der Waals surface area contributed by atoms with Crippen LogP contribution in [0.4, 0.5) is 0 Å². The van der Waals surface area contributed by atoms with Crippen LogP contribution in [0.2, 0.25) is 0 Å². The van der Waals surface area contributed by atoms with Crippen molar-refractivity contribution in [1.82, 2.24) is 9.88 Å². The molecule has 2 rings (SSSR count). The average molecular weight is 296 g/mol. The van der Waals surface area contributed by atoms with E-state index in [9.17, 15) is 9.90 Å². The van der Waals surface area contributed by atoms with Gasteiger partial charge in [-0.15, -0.1) is 11.3 Å². The number of thiazole rings is 1. The van der Waals surface area contributed by atoms with Gasteiger partial charge in [0.05, 0.1) is 16.6 Å². The van der Waals surface area contributed by atoms with E-state index in [4.69, 9.17) is 0 Å². The van der Waals surface area contributed by atoms with Gasteiger partial charge in [0, 0.05) is 24.5 Å². The van der Waals surface area contributed by atoms with Crippen LogP contribution in [0, 0.1) is 24.7 Å². The molecule has 0 aliphatic carbocycles. The number of nitrogens with zero attached hydrogens (tertiary/aromatic N) is 2. The van der Waals surface area contributed by atoms with Crippen LogP contribution in [0.15, 0.2) is 0 Å². The predicted octanol–water partition coefficient (Wildman–Crippen LogP) is 2.80. The largest absolute Gasteiger partial charge is 0.481 e. The Bertz CT molecular complexity index is 484. The Kier molecular flexibility index (Phi) is 4.81. The molecule has 0 amide bonds. The van der Waals surface area contributed by atoms with Gasteiger partial charge in [0.1, 0.15) is 0 Å². The summed E-state index contributed by atoms with van der Waals surface area (Å²) in [5.41, 5.74) is 1.17. The van der Waals surface area contributed by atoms with Gasteiger partial charge in [-0.1, -0.05) is 20.8 Å². The van der Waals surface area contributed by atoms with E-state index in [1.54, 1.807) is 11.3 Å². The van der Waals surface area contributed by atoms with E-state index in [0.717, 1.165) is 24.5 Å². The third-order valence-corrected chi connectivity index (χ3v) is 5.20. The van der Waals surface area contributed by atoms with E-state index in [1.165, 1.54) is 10.6 Å². The molecule has 1 aromatic heterocycles. The van der Waals surface area contributed by atoms with Crippen LogP contribution in [0.5, 0.6) is 0 Å². The quantitative estimate of drug-likeness (QED) is 0.908. The Morgan fingerprint density at radius 1 is 1.50 bits per heavy atom. The number of rotatable bonds is 5. The highest BCUT2D eigenvalue weighted by Gasteiger charge is 2.39. The van der Waals surface area contributed by atoms with Gasteiger partial charge in [-0.3, -0.25) is 9.69 Å². The van der Waals surface area contributed by atoms with Crippen molar-refractivity contribution < 1.29 is 9.90 Å². The SMILES string of the molecule is CCc1nc(C)sc1CN1C[C@H](C(=O)O)[C@@H](C(C)C)C1. The molecule has 1 fully saturated rings. The number of likely N-dealkylation sites (tertiary alicyclic amines) is 1. The monoisotopic (exact) mass is 296 g/mol. The zero-order chi connectivity index (χ0) is 14.9. The zero-order valence-electron chi connectivity index (χ0n) is 12.7. The maximum atomic E-state index is 11.4. The lowest BCUT2D eigenvalue weighted by Crippen LogP contribution is -2.25. The molecule has 20 heavy (non-hydrogen) atoms. The van der Waals surface area contributed by atoms with E-state index in [0.29, 0.717) is 12.5 Å². The molecule has 1 saturated heterocycles. The van der Waals surface area contributed by atoms with E-state index >= 15 is 0 Å². The molecule has 4 nitrogen and oxygen atoms in total. The van der Waals surface area contributed by atoms with Crippen LogP contribution >= 0.6 is 11.3 Å². The lowest BCUT2D eigenvalue weighted by atomic mass is 9.86. The minimum absolute atomic E-state index is 0.228. The molecule has 0 spiro atoms. The second kappa shape index (κ2) is 6.22. The Balaban J connectivity index is 2.09. The molecule has 2 atom stereocenters. The third kappa shape index (κ3) is 3.20. The summed E-state index contributed by atoms with van der Waals surface area (Å²) in [4.78, 5) is 19.6. The van der Waals surface area contributed by atoms with Crippen molar-refractivity contribution >= 4 is 17.3 Å². The molecule has 0 saturated carbocycles. The van der Waals surface area contributed by atoms with Crippen LogP contribution in [-0.4, -0.2) is 34.0 Å². The Hall–Kier alpha value is -0.940. The van der Waals surface area contributed by atoms with Crippen LogP contribution in [0.25, 0.3) is 0 Å². The lowest BCUT2D eigenvalue weighted by Gasteiger charge is -2.18. The number of carboxylic acid groups (broad SMARTS) is 1. The van der Waals surface area contributed by atoms with Gasteiger partial charge in [0.25, 0.3) is 0 Å². The molecular formula is C15H24N2O2S. The van der Waals surface area contributed by atoms with Crippen LogP contribution in [-0.2, 0) is 17.8 Å². The van der Waals surface area contributed by atoms with Gasteiger partial charge in [0.15, 0.2) is 0 Å². The molecule has 0 bridgehead atoms. The average Bonchev–Trinajstić information content (AvgIpc) is 2.93. The molecule has 1 aliphatic rings. The highest BCUT2D eigenvalue weighted by molar-refractivity contribution is 7.11. The first-order valence-electron chi connectivity index (χ1n) is 7.32. The van der Waals surface area contributed by atoms with Crippen LogP contribution in [0.1, 0.15) is 36.3 Å². The van der Waals surface area contributed by atoms with Crippen molar-refractivity contribution in [3.8, 4) is 0 Å². The maximum absolute atomic E-state index is 11.4. The van der Waals surface area contributed by atoms with Crippen LogP contribution < -0.4 is 0 Å². The molecule has 112 valence electrons. The maximum Gasteiger partial charge on any atom is 0.308 e. The molecule has 0 aromatic carbocycles. The summed E-state index contributed by atoms with van der Waals surface area (Å²) in [5, 5.41) is 10.5. The van der Waals surface area contributed by atoms with E-state index in [-0.39, 0.29) is 11.8 Å². The first-order valence-corrected chi connectivity index (χ1v) is 8.14. The number of hydrogen-bond donors (Lipinski definition) is 1.